The number of benzene rings is 1. The third kappa shape index (κ3) is 3.61. The molecule has 0 bridgehead atoms. The first-order chi connectivity index (χ1) is 12.2. The molecule has 2 aliphatic heterocycles. The molecule has 0 amide bonds. The largest absolute Gasteiger partial charge is 0.502 e. The molecule has 1 aromatic heterocycles. The lowest BCUT2D eigenvalue weighted by Crippen LogP contribution is -2.50. The molecule has 0 unspecified atom stereocenters. The number of likely N-dealkylation sites (tertiary alicyclic amines) is 1. The Morgan fingerprint density at radius 2 is 2.00 bits per heavy atom. The van der Waals surface area contributed by atoms with Crippen molar-refractivity contribution in [3.8, 4) is 5.75 Å². The Morgan fingerprint density at radius 1 is 1.16 bits per heavy atom. The van der Waals surface area contributed by atoms with Crippen LogP contribution in [-0.2, 0) is 17.8 Å². The van der Waals surface area contributed by atoms with Crippen LogP contribution >= 0.6 is 0 Å². The summed E-state index contributed by atoms with van der Waals surface area (Å²) in [5, 5.41) is 9.30. The van der Waals surface area contributed by atoms with Crippen LogP contribution in [0.3, 0.4) is 0 Å². The Kier molecular flexibility index (Phi) is 4.57. The molecular weight excluding hydrogens is 320 g/mol. The van der Waals surface area contributed by atoms with E-state index in [0.29, 0.717) is 18.3 Å². The van der Waals surface area contributed by atoms with Crippen molar-refractivity contribution >= 4 is 0 Å². The summed E-state index contributed by atoms with van der Waals surface area (Å²) >= 11 is 0. The molecule has 2 aromatic rings. The number of hydrogen-bond donors (Lipinski definition) is 1. The molecule has 3 heterocycles. The molecule has 2 aliphatic rings. The lowest BCUT2D eigenvalue weighted by molar-refractivity contribution is -0.0504. The monoisotopic (exact) mass is 342 g/mol. The smallest absolute Gasteiger partial charge is 0.226 e. The van der Waals surface area contributed by atoms with Gasteiger partial charge in [-0.25, -0.2) is 0 Å². The summed E-state index contributed by atoms with van der Waals surface area (Å²) in [6.45, 7) is 4.84. The van der Waals surface area contributed by atoms with Crippen LogP contribution in [0.1, 0.15) is 11.3 Å². The minimum Gasteiger partial charge on any atom is -0.502 e. The van der Waals surface area contributed by atoms with E-state index in [1.165, 1.54) is 11.6 Å². The molecule has 0 spiro atoms. The molecule has 1 aromatic carbocycles. The van der Waals surface area contributed by atoms with Crippen LogP contribution in [0.4, 0.5) is 0 Å². The molecule has 2 atom stereocenters. The molecule has 0 radical (unpaired) electrons. The van der Waals surface area contributed by atoms with Gasteiger partial charge >= 0.3 is 0 Å². The summed E-state index contributed by atoms with van der Waals surface area (Å²) in [5.74, 6) is 0.215. The van der Waals surface area contributed by atoms with Crippen molar-refractivity contribution < 1.29 is 14.3 Å². The van der Waals surface area contributed by atoms with Gasteiger partial charge in [0.15, 0.2) is 5.75 Å². The van der Waals surface area contributed by atoms with Crippen LogP contribution in [-0.4, -0.2) is 53.3 Å². The van der Waals surface area contributed by atoms with E-state index in [2.05, 4.69) is 34.1 Å². The van der Waals surface area contributed by atoms with Crippen LogP contribution < -0.4 is 5.43 Å². The normalized spacial score (nSPS) is 24.3. The molecule has 0 aliphatic carbocycles. The predicted octanol–water partition coefficient (Wildman–Crippen LogP) is 1.43. The molecule has 0 saturated carbocycles. The van der Waals surface area contributed by atoms with Gasteiger partial charge < -0.3 is 14.3 Å². The van der Waals surface area contributed by atoms with Gasteiger partial charge in [-0.1, -0.05) is 30.3 Å². The molecule has 132 valence electrons. The Balaban J connectivity index is 1.43. The SMILES string of the molecule is O=c1cc(CN2C[C@H]3OCCN(Cc4ccccc4)[C@H]3C2)occ1O. The van der Waals surface area contributed by atoms with Crippen molar-refractivity contribution in [3.05, 3.63) is 64.2 Å². The second-order valence-corrected chi connectivity index (χ2v) is 6.72. The number of aromatic hydroxyl groups is 1. The third-order valence-electron chi connectivity index (χ3n) is 4.97. The van der Waals surface area contributed by atoms with E-state index in [-0.39, 0.29) is 11.9 Å². The molecule has 2 fully saturated rings. The Labute approximate surface area is 146 Å². The van der Waals surface area contributed by atoms with E-state index in [0.717, 1.165) is 39.0 Å². The fraction of sp³-hybridized carbons (Fsp3) is 0.421. The zero-order valence-electron chi connectivity index (χ0n) is 14.0. The van der Waals surface area contributed by atoms with Crippen LogP contribution in [0.25, 0.3) is 0 Å². The summed E-state index contributed by atoms with van der Waals surface area (Å²) < 4.78 is 11.3. The summed E-state index contributed by atoms with van der Waals surface area (Å²) in [7, 11) is 0. The molecule has 6 nitrogen and oxygen atoms in total. The van der Waals surface area contributed by atoms with Crippen molar-refractivity contribution in [2.45, 2.75) is 25.2 Å². The van der Waals surface area contributed by atoms with Crippen molar-refractivity contribution in [1.29, 1.82) is 0 Å². The van der Waals surface area contributed by atoms with Crippen molar-refractivity contribution in [1.82, 2.24) is 9.80 Å². The van der Waals surface area contributed by atoms with Gasteiger partial charge in [0.05, 0.1) is 25.3 Å². The van der Waals surface area contributed by atoms with Gasteiger partial charge in [0.1, 0.15) is 12.0 Å². The zero-order valence-corrected chi connectivity index (χ0v) is 14.0. The topological polar surface area (TPSA) is 66.2 Å². The minimum atomic E-state index is -0.403. The van der Waals surface area contributed by atoms with E-state index in [1.807, 2.05) is 6.07 Å². The highest BCUT2D eigenvalue weighted by molar-refractivity contribution is 5.16. The zero-order chi connectivity index (χ0) is 17.2. The van der Waals surface area contributed by atoms with Gasteiger partial charge in [-0.05, 0) is 5.56 Å². The third-order valence-corrected chi connectivity index (χ3v) is 4.97. The number of ether oxygens (including phenoxy) is 1. The second-order valence-electron chi connectivity index (χ2n) is 6.72. The Morgan fingerprint density at radius 3 is 2.80 bits per heavy atom. The van der Waals surface area contributed by atoms with Crippen LogP contribution in [0, 0.1) is 0 Å². The average molecular weight is 342 g/mol. The lowest BCUT2D eigenvalue weighted by Gasteiger charge is -2.37. The summed E-state index contributed by atoms with van der Waals surface area (Å²) in [6.07, 6.45) is 1.29. The van der Waals surface area contributed by atoms with Crippen LogP contribution in [0.15, 0.2) is 51.9 Å². The van der Waals surface area contributed by atoms with Gasteiger partial charge in [0.25, 0.3) is 0 Å². The second kappa shape index (κ2) is 7.00. The first-order valence-corrected chi connectivity index (χ1v) is 8.61. The molecule has 1 N–H and O–H groups in total. The lowest BCUT2D eigenvalue weighted by atomic mass is 10.1. The van der Waals surface area contributed by atoms with Gasteiger partial charge in [-0.3, -0.25) is 14.6 Å². The molecule has 6 heteroatoms. The molecule has 2 saturated heterocycles. The highest BCUT2D eigenvalue weighted by Crippen LogP contribution is 2.25. The quantitative estimate of drug-likeness (QED) is 0.907. The van der Waals surface area contributed by atoms with Gasteiger partial charge in [0.2, 0.25) is 5.43 Å². The van der Waals surface area contributed by atoms with Crippen LogP contribution in [0.5, 0.6) is 5.75 Å². The van der Waals surface area contributed by atoms with E-state index < -0.39 is 5.43 Å². The van der Waals surface area contributed by atoms with E-state index in [9.17, 15) is 9.90 Å². The highest BCUT2D eigenvalue weighted by Gasteiger charge is 2.40. The fourth-order valence-electron chi connectivity index (χ4n) is 3.72. The first kappa shape index (κ1) is 16.3. The number of hydrogen-bond acceptors (Lipinski definition) is 6. The molecule has 25 heavy (non-hydrogen) atoms. The number of nitrogens with zero attached hydrogens (tertiary/aromatic N) is 2. The summed E-state index contributed by atoms with van der Waals surface area (Å²) in [4.78, 5) is 16.3. The Hall–Kier alpha value is -2.15. The maximum atomic E-state index is 11.6. The summed E-state index contributed by atoms with van der Waals surface area (Å²) in [5.41, 5.74) is 0.908. The number of rotatable bonds is 4. The maximum absolute atomic E-state index is 11.6. The van der Waals surface area contributed by atoms with Gasteiger partial charge in [-0.15, -0.1) is 0 Å². The van der Waals surface area contributed by atoms with Gasteiger partial charge in [0, 0.05) is 32.2 Å². The van der Waals surface area contributed by atoms with Crippen molar-refractivity contribution in [2.24, 2.45) is 0 Å². The fourth-order valence-corrected chi connectivity index (χ4v) is 3.72. The van der Waals surface area contributed by atoms with Gasteiger partial charge in [-0.2, -0.15) is 0 Å². The average Bonchev–Trinajstić information content (AvgIpc) is 3.03. The first-order valence-electron chi connectivity index (χ1n) is 8.61. The van der Waals surface area contributed by atoms with Crippen LogP contribution in [0.2, 0.25) is 0 Å². The maximum Gasteiger partial charge on any atom is 0.226 e. The predicted molar refractivity (Wildman–Crippen MR) is 92.3 cm³/mol. The van der Waals surface area contributed by atoms with E-state index in [1.54, 1.807) is 0 Å². The molecule has 4 rings (SSSR count). The van der Waals surface area contributed by atoms with Crippen molar-refractivity contribution in [3.63, 3.8) is 0 Å². The summed E-state index contributed by atoms with van der Waals surface area (Å²) in [6, 6.07) is 12.2. The number of fused-ring (bicyclic) bond motifs is 1. The van der Waals surface area contributed by atoms with Crippen molar-refractivity contribution in [2.75, 3.05) is 26.2 Å². The minimum absolute atomic E-state index is 0.182. The Bertz CT molecular complexity index is 776. The molecular formula is C19H22N2O4. The van der Waals surface area contributed by atoms with E-state index in [4.69, 9.17) is 9.15 Å². The van der Waals surface area contributed by atoms with E-state index >= 15 is 0 Å². The number of morpholine rings is 1. The standard InChI is InChI=1S/C19H22N2O4/c22-17-8-15(25-13-18(17)23)10-20-11-16-19(12-20)24-7-6-21(16)9-14-4-2-1-3-5-14/h1-5,8,13,16,19,23H,6-7,9-12H2/t16-,19+/m0/s1. The highest BCUT2D eigenvalue weighted by atomic mass is 16.5.